The average molecular weight is 288 g/mol. The Hall–Kier alpha value is -0.0500. The van der Waals surface area contributed by atoms with Crippen molar-refractivity contribution >= 4 is 21.8 Å². The van der Waals surface area contributed by atoms with Crippen LogP contribution in [0.3, 0.4) is 0 Å². The van der Waals surface area contributed by atoms with Gasteiger partial charge in [0.25, 0.3) is 0 Å². The summed E-state index contributed by atoms with van der Waals surface area (Å²) < 4.78 is 0. The van der Waals surface area contributed by atoms with E-state index in [0.29, 0.717) is 10.7 Å². The van der Waals surface area contributed by atoms with Crippen LogP contribution < -0.4 is 5.32 Å². The van der Waals surface area contributed by atoms with E-state index < -0.39 is 0 Å². The third-order valence-electron chi connectivity index (χ3n) is 3.83. The van der Waals surface area contributed by atoms with Crippen molar-refractivity contribution in [3.63, 3.8) is 0 Å². The van der Waals surface area contributed by atoms with E-state index in [2.05, 4.69) is 21.2 Å². The van der Waals surface area contributed by atoms with Crippen molar-refractivity contribution in [1.82, 2.24) is 5.32 Å². The van der Waals surface area contributed by atoms with Gasteiger partial charge in [-0.2, -0.15) is 0 Å². The summed E-state index contributed by atoms with van der Waals surface area (Å²) >= 11 is 3.64. The van der Waals surface area contributed by atoms with Crippen LogP contribution in [-0.2, 0) is 4.79 Å². The van der Waals surface area contributed by atoms with Gasteiger partial charge >= 0.3 is 0 Å². The minimum absolute atomic E-state index is 0.261. The zero-order valence-corrected chi connectivity index (χ0v) is 11.5. The largest absolute Gasteiger partial charge is 0.355 e. The van der Waals surface area contributed by atoms with E-state index in [1.165, 1.54) is 44.9 Å². The van der Waals surface area contributed by atoms with Gasteiger partial charge in [-0.25, -0.2) is 0 Å². The molecule has 0 aromatic rings. The van der Waals surface area contributed by atoms with Crippen molar-refractivity contribution in [3.8, 4) is 0 Å². The molecule has 16 heavy (non-hydrogen) atoms. The van der Waals surface area contributed by atoms with Gasteiger partial charge in [-0.05, 0) is 37.5 Å². The van der Waals surface area contributed by atoms with Crippen LogP contribution >= 0.6 is 15.9 Å². The molecule has 0 spiro atoms. The monoisotopic (exact) mass is 287 g/mol. The summed E-state index contributed by atoms with van der Waals surface area (Å²) in [7, 11) is 0. The minimum atomic E-state index is 0.261. The summed E-state index contributed by atoms with van der Waals surface area (Å²) in [5.74, 6) is 1.73. The molecule has 2 aliphatic carbocycles. The van der Waals surface area contributed by atoms with Crippen molar-refractivity contribution in [3.05, 3.63) is 0 Å². The van der Waals surface area contributed by atoms with Gasteiger partial charge in [0.15, 0.2) is 0 Å². The molecule has 3 heteroatoms. The first-order valence-corrected chi connectivity index (χ1v) is 7.58. The third kappa shape index (κ3) is 4.08. The lowest BCUT2D eigenvalue weighted by atomic mass is 9.87. The smallest absolute Gasteiger partial charge is 0.220 e. The van der Waals surface area contributed by atoms with Crippen LogP contribution in [0.2, 0.25) is 0 Å². The number of halogens is 1. The molecule has 0 saturated heterocycles. The molecule has 2 rings (SSSR count). The maximum atomic E-state index is 11.7. The second-order valence-electron chi connectivity index (χ2n) is 5.37. The lowest BCUT2D eigenvalue weighted by molar-refractivity contribution is -0.122. The highest BCUT2D eigenvalue weighted by Gasteiger charge is 2.29. The van der Waals surface area contributed by atoms with Gasteiger partial charge in [0, 0.05) is 17.8 Å². The quantitative estimate of drug-likeness (QED) is 0.773. The second-order valence-corrected chi connectivity index (χ2v) is 6.54. The molecule has 0 aromatic carbocycles. The maximum absolute atomic E-state index is 11.7. The molecule has 0 aromatic heterocycles. The topological polar surface area (TPSA) is 29.1 Å². The Morgan fingerprint density at radius 2 is 1.88 bits per heavy atom. The number of alkyl halides is 1. The third-order valence-corrected chi connectivity index (χ3v) is 4.90. The van der Waals surface area contributed by atoms with E-state index in [4.69, 9.17) is 0 Å². The van der Waals surface area contributed by atoms with E-state index in [0.717, 1.165) is 18.9 Å². The van der Waals surface area contributed by atoms with Gasteiger partial charge in [0.2, 0.25) is 5.91 Å². The average Bonchev–Trinajstić information content (AvgIpc) is 3.11. The van der Waals surface area contributed by atoms with Gasteiger partial charge in [-0.15, -0.1) is 0 Å². The van der Waals surface area contributed by atoms with E-state index >= 15 is 0 Å². The van der Waals surface area contributed by atoms with Crippen LogP contribution in [0, 0.1) is 11.8 Å². The van der Waals surface area contributed by atoms with Crippen molar-refractivity contribution in [2.24, 2.45) is 11.8 Å². The molecule has 1 atom stereocenters. The van der Waals surface area contributed by atoms with Crippen LogP contribution in [0.1, 0.15) is 51.4 Å². The lowest BCUT2D eigenvalue weighted by Crippen LogP contribution is -2.31. The SMILES string of the molecule is O=C(CC1CCCCC1)NCC(Br)C1CC1. The summed E-state index contributed by atoms with van der Waals surface area (Å²) in [4.78, 5) is 12.2. The molecule has 0 aliphatic heterocycles. The molecule has 1 N–H and O–H groups in total. The van der Waals surface area contributed by atoms with Gasteiger partial charge in [-0.3, -0.25) is 4.79 Å². The van der Waals surface area contributed by atoms with Crippen molar-refractivity contribution in [2.75, 3.05) is 6.54 Å². The number of amides is 1. The van der Waals surface area contributed by atoms with Gasteiger partial charge in [0.1, 0.15) is 0 Å². The Bertz CT molecular complexity index is 234. The molecule has 2 nitrogen and oxygen atoms in total. The fourth-order valence-electron chi connectivity index (χ4n) is 2.56. The van der Waals surface area contributed by atoms with Crippen LogP contribution in [0.4, 0.5) is 0 Å². The molecule has 0 radical (unpaired) electrons. The Kier molecular flexibility index (Phi) is 4.68. The number of rotatable bonds is 5. The molecule has 2 saturated carbocycles. The maximum Gasteiger partial charge on any atom is 0.220 e. The zero-order valence-electron chi connectivity index (χ0n) is 9.88. The summed E-state index contributed by atoms with van der Waals surface area (Å²) in [6.45, 7) is 0.816. The lowest BCUT2D eigenvalue weighted by Gasteiger charge is -2.21. The number of carbonyl (C=O) groups is 1. The van der Waals surface area contributed by atoms with Crippen molar-refractivity contribution in [1.29, 1.82) is 0 Å². The first-order chi connectivity index (χ1) is 7.75. The van der Waals surface area contributed by atoms with Gasteiger partial charge in [0.05, 0.1) is 0 Å². The normalized spacial score (nSPS) is 24.1. The molecule has 92 valence electrons. The van der Waals surface area contributed by atoms with E-state index in [9.17, 15) is 4.79 Å². The molecular formula is C13H22BrNO. The van der Waals surface area contributed by atoms with Crippen LogP contribution in [-0.4, -0.2) is 17.3 Å². The van der Waals surface area contributed by atoms with Crippen LogP contribution in [0.5, 0.6) is 0 Å². The molecule has 0 heterocycles. The van der Waals surface area contributed by atoms with E-state index in [1.807, 2.05) is 0 Å². The van der Waals surface area contributed by atoms with Crippen LogP contribution in [0.25, 0.3) is 0 Å². The molecule has 2 aliphatic rings. The first-order valence-electron chi connectivity index (χ1n) is 6.66. The van der Waals surface area contributed by atoms with Gasteiger partial charge in [-0.1, -0.05) is 35.2 Å². The summed E-state index contributed by atoms with van der Waals surface area (Å²) in [5.41, 5.74) is 0. The van der Waals surface area contributed by atoms with Crippen molar-refractivity contribution < 1.29 is 4.79 Å². The fourth-order valence-corrected chi connectivity index (χ4v) is 3.25. The Morgan fingerprint density at radius 1 is 1.19 bits per heavy atom. The highest BCUT2D eigenvalue weighted by Crippen LogP contribution is 2.36. The predicted molar refractivity (Wildman–Crippen MR) is 69.6 cm³/mol. The van der Waals surface area contributed by atoms with E-state index in [-0.39, 0.29) is 5.91 Å². The highest BCUT2D eigenvalue weighted by molar-refractivity contribution is 9.09. The highest BCUT2D eigenvalue weighted by atomic mass is 79.9. The zero-order chi connectivity index (χ0) is 11.4. The molecule has 2 fully saturated rings. The van der Waals surface area contributed by atoms with Crippen LogP contribution in [0.15, 0.2) is 0 Å². The summed E-state index contributed by atoms with van der Waals surface area (Å²) in [6.07, 6.45) is 9.93. The number of hydrogen-bond acceptors (Lipinski definition) is 1. The predicted octanol–water partition coefficient (Wildman–Crippen LogP) is 3.25. The summed E-state index contributed by atoms with van der Waals surface area (Å²) in [6, 6.07) is 0. The second kappa shape index (κ2) is 6.04. The standard InChI is InChI=1S/C13H22BrNO/c14-12(11-6-7-11)9-15-13(16)8-10-4-2-1-3-5-10/h10-12H,1-9H2,(H,15,16). The number of hydrogen-bond donors (Lipinski definition) is 1. The Labute approximate surface area is 107 Å². The Balaban J connectivity index is 1.59. The Morgan fingerprint density at radius 3 is 2.50 bits per heavy atom. The number of carbonyl (C=O) groups excluding carboxylic acids is 1. The molecular weight excluding hydrogens is 266 g/mol. The summed E-state index contributed by atoms with van der Waals surface area (Å²) in [5, 5.41) is 3.07. The first kappa shape index (κ1) is 12.4. The number of nitrogens with one attached hydrogen (secondary N) is 1. The fraction of sp³-hybridized carbons (Fsp3) is 0.923. The molecule has 1 amide bonds. The minimum Gasteiger partial charge on any atom is -0.355 e. The molecule has 1 unspecified atom stereocenters. The van der Waals surface area contributed by atoms with Crippen molar-refractivity contribution in [2.45, 2.75) is 56.2 Å². The van der Waals surface area contributed by atoms with E-state index in [1.54, 1.807) is 0 Å². The van der Waals surface area contributed by atoms with Gasteiger partial charge < -0.3 is 5.32 Å². The molecule has 0 bridgehead atoms.